The second kappa shape index (κ2) is 5.79. The summed E-state index contributed by atoms with van der Waals surface area (Å²) >= 11 is 0. The average Bonchev–Trinajstić information content (AvgIpc) is 2.26. The van der Waals surface area contributed by atoms with Gasteiger partial charge in [0.2, 0.25) is 10.0 Å². The van der Waals surface area contributed by atoms with Crippen molar-refractivity contribution < 1.29 is 18.3 Å². The highest BCUT2D eigenvalue weighted by molar-refractivity contribution is 7.89. The number of carbonyl (C=O) groups is 1. The molecule has 0 bridgehead atoms. The molecular weight excluding hydrogens is 266 g/mol. The van der Waals surface area contributed by atoms with Crippen LogP contribution in [0.2, 0.25) is 0 Å². The van der Waals surface area contributed by atoms with E-state index in [4.69, 9.17) is 0 Å². The predicted octanol–water partition coefficient (Wildman–Crippen LogP) is 1.69. The van der Waals surface area contributed by atoms with Gasteiger partial charge in [-0.2, -0.15) is 4.31 Å². The van der Waals surface area contributed by atoms with Gasteiger partial charge in [0.1, 0.15) is 6.04 Å². The number of hydrogen-bond donors (Lipinski definition) is 1. The maximum Gasteiger partial charge on any atom is 0.322 e. The Morgan fingerprint density at radius 2 is 2.00 bits per heavy atom. The third kappa shape index (κ3) is 3.48. The molecule has 0 radical (unpaired) electrons. The van der Waals surface area contributed by atoms with Gasteiger partial charge in [0, 0.05) is 6.54 Å². The van der Waals surface area contributed by atoms with Gasteiger partial charge in [-0.05, 0) is 31.1 Å². The number of nitrogens with zero attached hydrogens (tertiary/aromatic N) is 1. The normalized spacial score (nSPS) is 29.9. The van der Waals surface area contributed by atoms with E-state index in [1.165, 1.54) is 10.7 Å². The molecule has 1 aliphatic heterocycles. The Bertz CT molecular complexity index is 430. The van der Waals surface area contributed by atoms with Crippen LogP contribution in [0.25, 0.3) is 0 Å². The van der Waals surface area contributed by atoms with Crippen LogP contribution < -0.4 is 0 Å². The van der Waals surface area contributed by atoms with E-state index in [-0.39, 0.29) is 11.7 Å². The second-order valence-corrected chi connectivity index (χ2v) is 8.04. The fraction of sp³-hybridized carbons (Fsp3) is 0.923. The van der Waals surface area contributed by atoms with Crippen molar-refractivity contribution in [3.05, 3.63) is 0 Å². The summed E-state index contributed by atoms with van der Waals surface area (Å²) in [7, 11) is -3.42. The Balaban J connectivity index is 2.01. The highest BCUT2D eigenvalue weighted by Crippen LogP contribution is 2.31. The number of piperidine rings is 1. The first-order chi connectivity index (χ1) is 8.90. The van der Waals surface area contributed by atoms with Crippen LogP contribution in [0.3, 0.4) is 0 Å². The predicted molar refractivity (Wildman–Crippen MR) is 72.3 cm³/mol. The van der Waals surface area contributed by atoms with Crippen LogP contribution in [0, 0.1) is 11.8 Å². The van der Waals surface area contributed by atoms with Gasteiger partial charge in [-0.1, -0.05) is 26.2 Å². The van der Waals surface area contributed by atoms with E-state index >= 15 is 0 Å². The summed E-state index contributed by atoms with van der Waals surface area (Å²) in [5.41, 5.74) is 0. The Morgan fingerprint density at radius 3 is 2.53 bits per heavy atom. The molecule has 0 amide bonds. The van der Waals surface area contributed by atoms with Gasteiger partial charge in [0.05, 0.1) is 5.75 Å². The van der Waals surface area contributed by atoms with Crippen molar-refractivity contribution in [3.8, 4) is 0 Å². The summed E-state index contributed by atoms with van der Waals surface area (Å²) in [6.07, 6.45) is 5.30. The highest BCUT2D eigenvalue weighted by Gasteiger charge is 2.39. The van der Waals surface area contributed by atoms with Gasteiger partial charge in [-0.3, -0.25) is 4.79 Å². The number of carboxylic acids is 1. The quantitative estimate of drug-likeness (QED) is 0.835. The number of rotatable bonds is 5. The standard InChI is InChI=1S/C13H23NO4S/c1-10-5-7-14(12(9-10)13(15)16)19(17,18)8-6-11-3-2-4-11/h10-12H,2-9H2,1H3,(H,15,16). The molecular formula is C13H23NO4S. The molecule has 2 aliphatic rings. The molecule has 1 saturated carbocycles. The zero-order valence-corrected chi connectivity index (χ0v) is 12.2. The minimum atomic E-state index is -3.42. The highest BCUT2D eigenvalue weighted by atomic mass is 32.2. The molecule has 0 aromatic heterocycles. The van der Waals surface area contributed by atoms with Gasteiger partial charge < -0.3 is 5.11 Å². The van der Waals surface area contributed by atoms with Crippen LogP contribution in [-0.2, 0) is 14.8 Å². The van der Waals surface area contributed by atoms with Crippen LogP contribution >= 0.6 is 0 Å². The SMILES string of the molecule is CC1CCN(S(=O)(=O)CCC2CCC2)C(C(=O)O)C1. The van der Waals surface area contributed by atoms with E-state index in [9.17, 15) is 18.3 Å². The molecule has 1 N–H and O–H groups in total. The van der Waals surface area contributed by atoms with Crippen LogP contribution in [0.1, 0.15) is 45.4 Å². The van der Waals surface area contributed by atoms with E-state index in [2.05, 4.69) is 0 Å². The first-order valence-electron chi connectivity index (χ1n) is 7.12. The smallest absolute Gasteiger partial charge is 0.322 e. The van der Waals surface area contributed by atoms with Crippen LogP contribution in [0.5, 0.6) is 0 Å². The molecule has 1 saturated heterocycles. The molecule has 6 heteroatoms. The minimum absolute atomic E-state index is 0.107. The van der Waals surface area contributed by atoms with Crippen LogP contribution in [0.15, 0.2) is 0 Å². The Morgan fingerprint density at radius 1 is 1.32 bits per heavy atom. The van der Waals surface area contributed by atoms with Crippen molar-refractivity contribution >= 4 is 16.0 Å². The molecule has 110 valence electrons. The van der Waals surface area contributed by atoms with E-state index < -0.39 is 22.0 Å². The Labute approximate surface area is 115 Å². The first kappa shape index (κ1) is 14.8. The van der Waals surface area contributed by atoms with E-state index in [1.807, 2.05) is 6.92 Å². The van der Waals surface area contributed by atoms with Crippen molar-refractivity contribution in [1.29, 1.82) is 0 Å². The molecule has 2 unspecified atom stereocenters. The van der Waals surface area contributed by atoms with E-state index in [0.29, 0.717) is 25.3 Å². The maximum absolute atomic E-state index is 12.3. The van der Waals surface area contributed by atoms with Crippen molar-refractivity contribution in [2.75, 3.05) is 12.3 Å². The third-order valence-corrected chi connectivity index (χ3v) is 6.37. The minimum Gasteiger partial charge on any atom is -0.480 e. The average molecular weight is 289 g/mol. The lowest BCUT2D eigenvalue weighted by atomic mass is 9.84. The monoisotopic (exact) mass is 289 g/mol. The fourth-order valence-electron chi connectivity index (χ4n) is 2.89. The lowest BCUT2D eigenvalue weighted by Gasteiger charge is -2.35. The largest absolute Gasteiger partial charge is 0.480 e. The number of hydrogen-bond acceptors (Lipinski definition) is 3. The molecule has 1 aliphatic carbocycles. The van der Waals surface area contributed by atoms with Crippen LogP contribution in [0.4, 0.5) is 0 Å². The van der Waals surface area contributed by atoms with Gasteiger partial charge in [-0.25, -0.2) is 8.42 Å². The first-order valence-corrected chi connectivity index (χ1v) is 8.73. The topological polar surface area (TPSA) is 74.7 Å². The number of carboxylic acid groups (broad SMARTS) is 1. The van der Waals surface area contributed by atoms with Gasteiger partial charge >= 0.3 is 5.97 Å². The lowest BCUT2D eigenvalue weighted by Crippen LogP contribution is -2.50. The number of sulfonamides is 1. The van der Waals surface area contributed by atoms with Crippen molar-refractivity contribution in [2.24, 2.45) is 11.8 Å². The molecule has 2 fully saturated rings. The Hall–Kier alpha value is -0.620. The molecule has 1 heterocycles. The molecule has 0 aromatic carbocycles. The summed E-state index contributed by atoms with van der Waals surface area (Å²) in [6, 6.07) is -0.866. The third-order valence-electron chi connectivity index (χ3n) is 4.47. The zero-order chi connectivity index (χ0) is 14.0. The van der Waals surface area contributed by atoms with Crippen molar-refractivity contribution in [3.63, 3.8) is 0 Å². The number of aliphatic carboxylic acids is 1. The summed E-state index contributed by atoms with van der Waals surface area (Å²) in [5.74, 6) is -0.102. The molecule has 19 heavy (non-hydrogen) atoms. The summed E-state index contributed by atoms with van der Waals surface area (Å²) < 4.78 is 25.9. The van der Waals surface area contributed by atoms with Gasteiger partial charge in [0.15, 0.2) is 0 Å². The molecule has 0 spiro atoms. The van der Waals surface area contributed by atoms with Gasteiger partial charge in [0.25, 0.3) is 0 Å². The second-order valence-electron chi connectivity index (χ2n) is 6.00. The van der Waals surface area contributed by atoms with Crippen molar-refractivity contribution in [2.45, 2.75) is 51.5 Å². The van der Waals surface area contributed by atoms with Crippen molar-refractivity contribution in [1.82, 2.24) is 4.31 Å². The van der Waals surface area contributed by atoms with E-state index in [0.717, 1.165) is 19.3 Å². The Kier molecular flexibility index (Phi) is 4.50. The maximum atomic E-state index is 12.3. The van der Waals surface area contributed by atoms with E-state index in [1.54, 1.807) is 0 Å². The fourth-order valence-corrected chi connectivity index (χ4v) is 4.70. The van der Waals surface area contributed by atoms with Crippen LogP contribution in [-0.4, -0.2) is 42.1 Å². The lowest BCUT2D eigenvalue weighted by molar-refractivity contribution is -0.143. The van der Waals surface area contributed by atoms with Gasteiger partial charge in [-0.15, -0.1) is 0 Å². The molecule has 2 atom stereocenters. The molecule has 5 nitrogen and oxygen atoms in total. The summed E-state index contributed by atoms with van der Waals surface area (Å²) in [6.45, 7) is 2.33. The molecule has 0 aromatic rings. The zero-order valence-electron chi connectivity index (χ0n) is 11.4. The summed E-state index contributed by atoms with van der Waals surface area (Å²) in [4.78, 5) is 11.3. The summed E-state index contributed by atoms with van der Waals surface area (Å²) in [5, 5.41) is 9.22. The molecule has 2 rings (SSSR count).